The van der Waals surface area contributed by atoms with Crippen LogP contribution >= 0.6 is 0 Å². The molecular formula is C8H10F2O2. The summed E-state index contributed by atoms with van der Waals surface area (Å²) in [6.07, 6.45) is 0.0454. The molecule has 0 saturated heterocycles. The molecule has 2 nitrogen and oxygen atoms in total. The predicted molar refractivity (Wildman–Crippen MR) is 40.6 cm³/mol. The molecule has 0 aromatic heterocycles. The number of esters is 1. The highest BCUT2D eigenvalue weighted by molar-refractivity contribution is 5.74. The molecule has 0 saturated carbocycles. The summed E-state index contributed by atoms with van der Waals surface area (Å²) in [5.74, 6) is -1.59. The second-order valence-electron chi connectivity index (χ2n) is 2.16. The Bertz CT molecular complexity index is 195. The zero-order chi connectivity index (χ0) is 9.56. The third-order valence-corrected chi connectivity index (χ3v) is 1.09. The molecule has 0 rings (SSSR count). The Morgan fingerprint density at radius 1 is 1.67 bits per heavy atom. The largest absolute Gasteiger partial charge is 0.461 e. The highest BCUT2D eigenvalue weighted by atomic mass is 19.3. The molecule has 12 heavy (non-hydrogen) atoms. The first-order valence-electron chi connectivity index (χ1n) is 3.38. The zero-order valence-electron chi connectivity index (χ0n) is 6.72. The summed E-state index contributed by atoms with van der Waals surface area (Å²) in [6.45, 7) is 4.70. The highest BCUT2D eigenvalue weighted by Crippen LogP contribution is 2.07. The van der Waals surface area contributed by atoms with E-state index in [1.165, 1.54) is 13.0 Å². The monoisotopic (exact) mass is 176 g/mol. The molecule has 0 aliphatic rings. The summed E-state index contributed by atoms with van der Waals surface area (Å²) in [6, 6.07) is 0. The molecule has 0 spiro atoms. The van der Waals surface area contributed by atoms with E-state index in [4.69, 9.17) is 0 Å². The van der Waals surface area contributed by atoms with Crippen LogP contribution in [0.1, 0.15) is 6.92 Å². The molecule has 0 aliphatic heterocycles. The van der Waals surface area contributed by atoms with Gasteiger partial charge in [-0.2, -0.15) is 8.78 Å². The zero-order valence-corrected chi connectivity index (χ0v) is 6.72. The minimum Gasteiger partial charge on any atom is -0.461 e. The number of carbonyl (C=O) groups excluding carboxylic acids is 1. The lowest BCUT2D eigenvalue weighted by molar-refractivity contribution is -0.145. The van der Waals surface area contributed by atoms with Gasteiger partial charge >= 0.3 is 5.97 Å². The molecule has 0 heterocycles. The molecule has 0 amide bonds. The van der Waals surface area contributed by atoms with Crippen LogP contribution in [0.25, 0.3) is 0 Å². The van der Waals surface area contributed by atoms with Crippen molar-refractivity contribution in [3.05, 3.63) is 24.8 Å². The van der Waals surface area contributed by atoms with Crippen LogP contribution in [0, 0.1) is 5.92 Å². The van der Waals surface area contributed by atoms with E-state index in [-0.39, 0.29) is 6.61 Å². The van der Waals surface area contributed by atoms with Crippen molar-refractivity contribution in [2.45, 2.75) is 6.92 Å². The number of ether oxygens (including phenoxy) is 1. The van der Waals surface area contributed by atoms with Gasteiger partial charge in [0.2, 0.25) is 0 Å². The Hall–Kier alpha value is -1.19. The van der Waals surface area contributed by atoms with Crippen LogP contribution in [0.5, 0.6) is 0 Å². The summed E-state index contributed by atoms with van der Waals surface area (Å²) in [5.41, 5.74) is 0. The molecule has 0 N–H and O–H groups in total. The lowest BCUT2D eigenvalue weighted by atomic mass is 10.2. The normalized spacial score (nSPS) is 11.6. The SMILES string of the molecule is C=CCOC(=O)C(C)C=C(F)F. The van der Waals surface area contributed by atoms with Crippen LogP contribution in [0.3, 0.4) is 0 Å². The predicted octanol–water partition coefficient (Wildman–Crippen LogP) is 2.13. The van der Waals surface area contributed by atoms with E-state index in [2.05, 4.69) is 11.3 Å². The van der Waals surface area contributed by atoms with Crippen molar-refractivity contribution in [1.29, 1.82) is 0 Å². The van der Waals surface area contributed by atoms with Gasteiger partial charge in [-0.25, -0.2) is 0 Å². The lowest BCUT2D eigenvalue weighted by Gasteiger charge is -2.04. The van der Waals surface area contributed by atoms with E-state index in [9.17, 15) is 13.6 Å². The minimum absolute atomic E-state index is 0.0465. The minimum atomic E-state index is -1.88. The fourth-order valence-corrected chi connectivity index (χ4v) is 0.530. The molecule has 0 aromatic rings. The number of rotatable bonds is 4. The summed E-state index contributed by atoms with van der Waals surface area (Å²) in [7, 11) is 0. The average Bonchev–Trinajstić information content (AvgIpc) is 1.98. The standard InChI is InChI=1S/C8H10F2O2/c1-3-4-12-8(11)6(2)5-7(9)10/h3,5-6H,1,4H2,2H3. The Morgan fingerprint density at radius 2 is 2.25 bits per heavy atom. The van der Waals surface area contributed by atoms with Crippen LogP contribution in [0.15, 0.2) is 24.8 Å². The van der Waals surface area contributed by atoms with Crippen molar-refractivity contribution in [2.75, 3.05) is 6.61 Å². The maximum absolute atomic E-state index is 11.6. The van der Waals surface area contributed by atoms with Crippen LogP contribution in [0.2, 0.25) is 0 Å². The van der Waals surface area contributed by atoms with Crippen molar-refractivity contribution in [3.8, 4) is 0 Å². The van der Waals surface area contributed by atoms with Crippen LogP contribution < -0.4 is 0 Å². The van der Waals surface area contributed by atoms with Gasteiger partial charge in [0, 0.05) is 0 Å². The van der Waals surface area contributed by atoms with Gasteiger partial charge in [-0.3, -0.25) is 4.79 Å². The topological polar surface area (TPSA) is 26.3 Å². The summed E-state index contributed by atoms with van der Waals surface area (Å²) >= 11 is 0. The maximum Gasteiger partial charge on any atom is 0.313 e. The van der Waals surface area contributed by atoms with E-state index >= 15 is 0 Å². The Morgan fingerprint density at radius 3 is 2.67 bits per heavy atom. The summed E-state index contributed by atoms with van der Waals surface area (Å²) in [5, 5.41) is 0. The number of hydrogen-bond acceptors (Lipinski definition) is 2. The van der Waals surface area contributed by atoms with E-state index in [0.717, 1.165) is 0 Å². The van der Waals surface area contributed by atoms with Crippen LogP contribution in [0.4, 0.5) is 8.78 Å². The van der Waals surface area contributed by atoms with Crippen molar-refractivity contribution in [2.24, 2.45) is 5.92 Å². The Kier molecular flexibility index (Phi) is 4.92. The van der Waals surface area contributed by atoms with Crippen LogP contribution in [-0.4, -0.2) is 12.6 Å². The molecule has 0 aromatic carbocycles. The second kappa shape index (κ2) is 5.46. The van der Waals surface area contributed by atoms with Crippen molar-refractivity contribution in [1.82, 2.24) is 0 Å². The molecule has 0 fully saturated rings. The van der Waals surface area contributed by atoms with Gasteiger partial charge in [0.25, 0.3) is 6.08 Å². The van der Waals surface area contributed by atoms with Gasteiger partial charge < -0.3 is 4.74 Å². The second-order valence-corrected chi connectivity index (χ2v) is 2.16. The fraction of sp³-hybridized carbons (Fsp3) is 0.375. The quantitative estimate of drug-likeness (QED) is 0.484. The van der Waals surface area contributed by atoms with Crippen LogP contribution in [-0.2, 0) is 9.53 Å². The van der Waals surface area contributed by atoms with E-state index in [1.807, 2.05) is 0 Å². The average molecular weight is 176 g/mol. The fourth-order valence-electron chi connectivity index (χ4n) is 0.530. The lowest BCUT2D eigenvalue weighted by Crippen LogP contribution is -2.12. The summed E-state index contributed by atoms with van der Waals surface area (Å²) < 4.78 is 27.7. The molecule has 0 bridgehead atoms. The van der Waals surface area contributed by atoms with E-state index in [0.29, 0.717) is 6.08 Å². The van der Waals surface area contributed by atoms with Crippen molar-refractivity contribution >= 4 is 5.97 Å². The third kappa shape index (κ3) is 4.60. The van der Waals surface area contributed by atoms with Crippen molar-refractivity contribution in [3.63, 3.8) is 0 Å². The number of hydrogen-bond donors (Lipinski definition) is 0. The van der Waals surface area contributed by atoms with Gasteiger partial charge in [-0.15, -0.1) is 0 Å². The molecule has 0 aliphatic carbocycles. The molecular weight excluding hydrogens is 166 g/mol. The van der Waals surface area contributed by atoms with Gasteiger partial charge in [-0.1, -0.05) is 12.7 Å². The maximum atomic E-state index is 11.6. The Labute approximate surface area is 69.5 Å². The molecule has 68 valence electrons. The van der Waals surface area contributed by atoms with E-state index in [1.54, 1.807) is 0 Å². The molecule has 4 heteroatoms. The van der Waals surface area contributed by atoms with Gasteiger partial charge in [0.05, 0.1) is 5.92 Å². The number of carbonyl (C=O) groups is 1. The highest BCUT2D eigenvalue weighted by Gasteiger charge is 2.12. The third-order valence-electron chi connectivity index (χ3n) is 1.09. The number of halogens is 2. The van der Waals surface area contributed by atoms with E-state index < -0.39 is 18.0 Å². The van der Waals surface area contributed by atoms with Gasteiger partial charge in [0.1, 0.15) is 6.61 Å². The van der Waals surface area contributed by atoms with Crippen molar-refractivity contribution < 1.29 is 18.3 Å². The first-order valence-corrected chi connectivity index (χ1v) is 3.38. The first kappa shape index (κ1) is 10.8. The Balaban J connectivity index is 3.93. The smallest absolute Gasteiger partial charge is 0.313 e. The first-order chi connectivity index (χ1) is 5.57. The molecule has 0 radical (unpaired) electrons. The van der Waals surface area contributed by atoms with Gasteiger partial charge in [0.15, 0.2) is 0 Å². The summed E-state index contributed by atoms with van der Waals surface area (Å²) in [4.78, 5) is 10.8. The molecule has 1 unspecified atom stereocenters. The van der Waals surface area contributed by atoms with Gasteiger partial charge in [-0.05, 0) is 13.0 Å². The molecule has 1 atom stereocenters.